The predicted octanol–water partition coefficient (Wildman–Crippen LogP) is 0.801. The fourth-order valence-electron chi connectivity index (χ4n) is 1.43. The van der Waals surface area contributed by atoms with Gasteiger partial charge in [0.1, 0.15) is 5.01 Å². The Labute approximate surface area is 116 Å². The van der Waals surface area contributed by atoms with E-state index in [-0.39, 0.29) is 0 Å². The molecule has 2 N–H and O–H groups in total. The Balaban J connectivity index is 1.95. The topological polar surface area (TPSA) is 84.0 Å². The van der Waals surface area contributed by atoms with Gasteiger partial charge in [-0.15, -0.1) is 11.3 Å². The molecule has 8 heteroatoms. The molecule has 0 fully saturated rings. The number of pyridine rings is 1. The molecule has 2 rings (SSSR count). The van der Waals surface area contributed by atoms with Crippen LogP contribution in [0.3, 0.4) is 0 Å². The lowest BCUT2D eigenvalue weighted by molar-refractivity contribution is 0.573. The first-order valence-electron chi connectivity index (χ1n) is 5.63. The summed E-state index contributed by atoms with van der Waals surface area (Å²) >= 11 is 1.52. The van der Waals surface area contributed by atoms with Crippen LogP contribution in [0.5, 0.6) is 0 Å². The second-order valence-corrected chi connectivity index (χ2v) is 6.30. The average Bonchev–Trinajstić information content (AvgIpc) is 2.88. The van der Waals surface area contributed by atoms with Gasteiger partial charge in [0.05, 0.1) is 5.69 Å². The van der Waals surface area contributed by atoms with Crippen molar-refractivity contribution in [1.29, 1.82) is 0 Å². The molecule has 0 saturated heterocycles. The molecule has 19 heavy (non-hydrogen) atoms. The van der Waals surface area contributed by atoms with Crippen LogP contribution in [0.4, 0.5) is 0 Å². The predicted molar refractivity (Wildman–Crippen MR) is 75.0 cm³/mol. The standard InChI is InChI=1S/C11H14N4O2S2/c1-12-19(16,17)14-6-4-10-8-18-11(15-10)9-3-2-5-13-7-9/h2-3,5,7-8,12,14H,4,6H2,1H3. The van der Waals surface area contributed by atoms with Crippen LogP contribution in [0.1, 0.15) is 5.69 Å². The van der Waals surface area contributed by atoms with Gasteiger partial charge < -0.3 is 0 Å². The molecule has 0 aromatic carbocycles. The molecule has 0 aliphatic heterocycles. The maximum Gasteiger partial charge on any atom is 0.276 e. The van der Waals surface area contributed by atoms with Crippen LogP contribution in [-0.2, 0) is 16.6 Å². The molecule has 2 heterocycles. The first kappa shape index (κ1) is 14.1. The van der Waals surface area contributed by atoms with Crippen LogP contribution in [0.25, 0.3) is 10.6 Å². The quantitative estimate of drug-likeness (QED) is 0.826. The van der Waals surface area contributed by atoms with Gasteiger partial charge in [0.25, 0.3) is 10.2 Å². The first-order valence-corrected chi connectivity index (χ1v) is 8.00. The highest BCUT2D eigenvalue weighted by molar-refractivity contribution is 7.87. The Bertz CT molecular complexity index is 625. The zero-order valence-corrected chi connectivity index (χ0v) is 12.0. The molecule has 2 aromatic heterocycles. The highest BCUT2D eigenvalue weighted by Gasteiger charge is 2.07. The minimum absolute atomic E-state index is 0.319. The molecule has 0 spiro atoms. The third-order valence-electron chi connectivity index (χ3n) is 2.40. The summed E-state index contributed by atoms with van der Waals surface area (Å²) in [5.74, 6) is 0. The van der Waals surface area contributed by atoms with E-state index in [0.717, 1.165) is 16.3 Å². The molecule has 0 amide bonds. The first-order chi connectivity index (χ1) is 9.11. The van der Waals surface area contributed by atoms with Gasteiger partial charge in [-0.05, 0) is 12.1 Å². The van der Waals surface area contributed by atoms with Crippen molar-refractivity contribution in [3.05, 3.63) is 35.6 Å². The highest BCUT2D eigenvalue weighted by atomic mass is 32.2. The van der Waals surface area contributed by atoms with Crippen molar-refractivity contribution in [3.63, 3.8) is 0 Å². The maximum atomic E-state index is 11.2. The zero-order chi connectivity index (χ0) is 13.7. The van der Waals surface area contributed by atoms with Crippen molar-refractivity contribution in [2.45, 2.75) is 6.42 Å². The van der Waals surface area contributed by atoms with E-state index >= 15 is 0 Å². The molecule has 2 aromatic rings. The van der Waals surface area contributed by atoms with E-state index in [1.54, 1.807) is 12.4 Å². The van der Waals surface area contributed by atoms with E-state index in [0.29, 0.717) is 13.0 Å². The fourth-order valence-corrected chi connectivity index (χ4v) is 2.79. The van der Waals surface area contributed by atoms with E-state index in [9.17, 15) is 8.42 Å². The van der Waals surface area contributed by atoms with Gasteiger partial charge in [0.2, 0.25) is 0 Å². The van der Waals surface area contributed by atoms with E-state index in [1.807, 2.05) is 17.5 Å². The molecule has 102 valence electrons. The average molecular weight is 298 g/mol. The molecule has 6 nitrogen and oxygen atoms in total. The van der Waals surface area contributed by atoms with E-state index in [4.69, 9.17) is 0 Å². The summed E-state index contributed by atoms with van der Waals surface area (Å²) in [6.07, 6.45) is 4.02. The molecule has 0 radical (unpaired) electrons. The molecule has 0 unspecified atom stereocenters. The highest BCUT2D eigenvalue weighted by Crippen LogP contribution is 2.22. The lowest BCUT2D eigenvalue weighted by Gasteiger charge is -2.02. The SMILES string of the molecule is CNS(=O)(=O)NCCc1csc(-c2cccnc2)n1. The van der Waals surface area contributed by atoms with Gasteiger partial charge in [0.15, 0.2) is 0 Å². The Morgan fingerprint density at radius 2 is 2.26 bits per heavy atom. The number of hydrogen-bond donors (Lipinski definition) is 2. The number of aromatic nitrogens is 2. The third kappa shape index (κ3) is 4.06. The Kier molecular flexibility index (Phi) is 4.59. The number of rotatable bonds is 6. The molecule has 0 bridgehead atoms. The van der Waals surface area contributed by atoms with Gasteiger partial charge in [-0.3, -0.25) is 4.98 Å². The van der Waals surface area contributed by atoms with E-state index in [2.05, 4.69) is 19.4 Å². The summed E-state index contributed by atoms with van der Waals surface area (Å²) < 4.78 is 26.9. The molecular weight excluding hydrogens is 284 g/mol. The Morgan fingerprint density at radius 1 is 1.42 bits per heavy atom. The minimum Gasteiger partial charge on any atom is -0.264 e. The largest absolute Gasteiger partial charge is 0.276 e. The molecule has 0 aliphatic carbocycles. The van der Waals surface area contributed by atoms with Crippen LogP contribution in [0.15, 0.2) is 29.9 Å². The van der Waals surface area contributed by atoms with Gasteiger partial charge in [-0.1, -0.05) is 0 Å². The number of hydrogen-bond acceptors (Lipinski definition) is 5. The van der Waals surface area contributed by atoms with Gasteiger partial charge in [-0.25, -0.2) is 14.4 Å². The summed E-state index contributed by atoms with van der Waals surface area (Å²) in [5.41, 5.74) is 1.83. The smallest absolute Gasteiger partial charge is 0.264 e. The van der Waals surface area contributed by atoms with Gasteiger partial charge in [0, 0.05) is 43.4 Å². The van der Waals surface area contributed by atoms with Crippen molar-refractivity contribution in [2.75, 3.05) is 13.6 Å². The van der Waals surface area contributed by atoms with Crippen LogP contribution < -0.4 is 9.44 Å². The normalized spacial score (nSPS) is 11.6. The van der Waals surface area contributed by atoms with Crippen LogP contribution in [0, 0.1) is 0 Å². The molecular formula is C11H14N4O2S2. The zero-order valence-electron chi connectivity index (χ0n) is 10.3. The summed E-state index contributed by atoms with van der Waals surface area (Å²) in [6, 6.07) is 3.80. The van der Waals surface area contributed by atoms with E-state index in [1.165, 1.54) is 18.4 Å². The summed E-state index contributed by atoms with van der Waals surface area (Å²) in [7, 11) is -2.00. The summed E-state index contributed by atoms with van der Waals surface area (Å²) in [4.78, 5) is 8.49. The Morgan fingerprint density at radius 3 is 2.95 bits per heavy atom. The van der Waals surface area contributed by atoms with Gasteiger partial charge >= 0.3 is 0 Å². The fraction of sp³-hybridized carbons (Fsp3) is 0.273. The van der Waals surface area contributed by atoms with Crippen LogP contribution in [0.2, 0.25) is 0 Å². The van der Waals surface area contributed by atoms with Crippen molar-refractivity contribution in [2.24, 2.45) is 0 Å². The van der Waals surface area contributed by atoms with Crippen molar-refractivity contribution in [1.82, 2.24) is 19.4 Å². The summed E-state index contributed by atoms with van der Waals surface area (Å²) in [5, 5.41) is 2.82. The number of thiazole rings is 1. The monoisotopic (exact) mass is 298 g/mol. The van der Waals surface area contributed by atoms with Crippen molar-refractivity contribution >= 4 is 21.5 Å². The second-order valence-electron chi connectivity index (χ2n) is 3.74. The lowest BCUT2D eigenvalue weighted by Crippen LogP contribution is -2.35. The van der Waals surface area contributed by atoms with Crippen LogP contribution >= 0.6 is 11.3 Å². The number of nitrogens with one attached hydrogen (secondary N) is 2. The Hall–Kier alpha value is -1.35. The van der Waals surface area contributed by atoms with Crippen molar-refractivity contribution < 1.29 is 8.42 Å². The van der Waals surface area contributed by atoms with Crippen molar-refractivity contribution in [3.8, 4) is 10.6 Å². The minimum atomic E-state index is -3.37. The van der Waals surface area contributed by atoms with Crippen LogP contribution in [-0.4, -0.2) is 32.0 Å². The summed E-state index contributed by atoms with van der Waals surface area (Å²) in [6.45, 7) is 0.319. The lowest BCUT2D eigenvalue weighted by atomic mass is 10.3. The molecule has 0 saturated carbocycles. The maximum absolute atomic E-state index is 11.2. The number of nitrogens with zero attached hydrogens (tertiary/aromatic N) is 2. The molecule has 0 aliphatic rings. The van der Waals surface area contributed by atoms with E-state index < -0.39 is 10.2 Å². The molecule has 0 atom stereocenters. The van der Waals surface area contributed by atoms with Gasteiger partial charge in [-0.2, -0.15) is 8.42 Å². The second kappa shape index (κ2) is 6.20. The third-order valence-corrected chi connectivity index (χ3v) is 4.46.